The third kappa shape index (κ3) is 6.66. The summed E-state index contributed by atoms with van der Waals surface area (Å²) in [5, 5.41) is 6.88. The smallest absolute Gasteiger partial charge is 0.353 e. The highest BCUT2D eigenvalue weighted by molar-refractivity contribution is 5.81. The third-order valence-corrected chi connectivity index (χ3v) is 5.64. The first-order valence-electron chi connectivity index (χ1n) is 11.8. The van der Waals surface area contributed by atoms with Crippen molar-refractivity contribution in [2.75, 3.05) is 11.9 Å². The molecule has 2 aromatic carbocycles. The number of halogens is 3. The van der Waals surface area contributed by atoms with E-state index in [4.69, 9.17) is 4.98 Å². The summed E-state index contributed by atoms with van der Waals surface area (Å²) >= 11 is 0. The number of hydrogen-bond acceptors (Lipinski definition) is 5. The lowest BCUT2D eigenvalue weighted by Crippen LogP contribution is -2.41. The van der Waals surface area contributed by atoms with Gasteiger partial charge < -0.3 is 10.6 Å². The van der Waals surface area contributed by atoms with Crippen LogP contribution in [0.1, 0.15) is 25.0 Å². The Morgan fingerprint density at radius 1 is 0.889 bits per heavy atom. The van der Waals surface area contributed by atoms with E-state index in [1.54, 1.807) is 36.8 Å². The molecule has 0 saturated heterocycles. The van der Waals surface area contributed by atoms with E-state index in [-0.39, 0.29) is 12.1 Å². The number of anilines is 1. The van der Waals surface area contributed by atoms with Gasteiger partial charge in [0.15, 0.2) is 0 Å². The van der Waals surface area contributed by atoms with Crippen molar-refractivity contribution in [2.45, 2.75) is 38.5 Å². The van der Waals surface area contributed by atoms with Crippen LogP contribution >= 0.6 is 0 Å². The molecule has 0 aliphatic heterocycles. The number of alkyl halides is 3. The lowest BCUT2D eigenvalue weighted by Gasteiger charge is -2.22. The third-order valence-electron chi connectivity index (χ3n) is 5.64. The summed E-state index contributed by atoms with van der Waals surface area (Å²) in [5.41, 5.74) is 2.68. The highest BCUT2D eigenvalue weighted by Gasteiger charge is 2.30. The molecule has 36 heavy (non-hydrogen) atoms. The van der Waals surface area contributed by atoms with Gasteiger partial charge in [0.25, 0.3) is 0 Å². The standard InChI is InChI=1S/C28H28F3N5/c1-19(2)35-24(15-20-7-4-3-5-8-20)17-33-27-34-18-25(26(36-27)21-11-13-32-14-12-21)22-9-6-10-23(16-22)28(29,30)31/h3-14,16,18-19,24,35H,15,17H2,1-2H3,(H,33,34,36). The molecule has 0 fully saturated rings. The molecule has 0 saturated carbocycles. The van der Waals surface area contributed by atoms with Crippen LogP contribution in [0.15, 0.2) is 85.3 Å². The molecule has 1 atom stereocenters. The van der Waals surface area contributed by atoms with Gasteiger partial charge in [-0.2, -0.15) is 13.2 Å². The molecule has 186 valence electrons. The normalized spacial score (nSPS) is 12.5. The van der Waals surface area contributed by atoms with Crippen LogP contribution in [0, 0.1) is 0 Å². The molecule has 0 aliphatic rings. The predicted octanol–water partition coefficient (Wildman–Crippen LogP) is 6.25. The van der Waals surface area contributed by atoms with E-state index in [1.165, 1.54) is 11.6 Å². The quantitative estimate of drug-likeness (QED) is 0.290. The van der Waals surface area contributed by atoms with E-state index in [2.05, 4.69) is 46.6 Å². The van der Waals surface area contributed by atoms with Gasteiger partial charge in [0.1, 0.15) is 0 Å². The summed E-state index contributed by atoms with van der Waals surface area (Å²) < 4.78 is 40.0. The Hall–Kier alpha value is -3.78. The average Bonchev–Trinajstić information content (AvgIpc) is 2.87. The predicted molar refractivity (Wildman–Crippen MR) is 136 cm³/mol. The van der Waals surface area contributed by atoms with Gasteiger partial charge >= 0.3 is 6.18 Å². The molecule has 2 heterocycles. The number of pyridine rings is 1. The zero-order valence-electron chi connectivity index (χ0n) is 20.1. The van der Waals surface area contributed by atoms with Crippen LogP contribution < -0.4 is 10.6 Å². The Morgan fingerprint density at radius 2 is 1.64 bits per heavy atom. The van der Waals surface area contributed by atoms with Crippen LogP contribution in [0.2, 0.25) is 0 Å². The highest BCUT2D eigenvalue weighted by atomic mass is 19.4. The number of aromatic nitrogens is 3. The summed E-state index contributed by atoms with van der Waals surface area (Å²) in [4.78, 5) is 13.2. The van der Waals surface area contributed by atoms with Gasteiger partial charge in [-0.1, -0.05) is 56.3 Å². The summed E-state index contributed by atoms with van der Waals surface area (Å²) in [5.74, 6) is 0.404. The molecule has 4 aromatic rings. The first-order valence-corrected chi connectivity index (χ1v) is 11.8. The first-order chi connectivity index (χ1) is 17.3. The Kier molecular flexibility index (Phi) is 7.95. The van der Waals surface area contributed by atoms with Gasteiger partial charge in [0.05, 0.1) is 11.3 Å². The van der Waals surface area contributed by atoms with Crippen molar-refractivity contribution in [1.29, 1.82) is 0 Å². The second kappa shape index (κ2) is 11.3. The number of nitrogens with one attached hydrogen (secondary N) is 2. The Balaban J connectivity index is 1.63. The summed E-state index contributed by atoms with van der Waals surface area (Å²) in [7, 11) is 0. The summed E-state index contributed by atoms with van der Waals surface area (Å²) in [6.07, 6.45) is 1.21. The lowest BCUT2D eigenvalue weighted by atomic mass is 9.99. The topological polar surface area (TPSA) is 62.7 Å². The van der Waals surface area contributed by atoms with E-state index in [0.29, 0.717) is 29.3 Å². The Morgan fingerprint density at radius 3 is 2.33 bits per heavy atom. The van der Waals surface area contributed by atoms with Crippen molar-refractivity contribution in [2.24, 2.45) is 0 Å². The number of hydrogen-bond donors (Lipinski definition) is 2. The fourth-order valence-corrected chi connectivity index (χ4v) is 4.05. The molecule has 5 nitrogen and oxygen atoms in total. The monoisotopic (exact) mass is 491 g/mol. The maximum atomic E-state index is 13.3. The fourth-order valence-electron chi connectivity index (χ4n) is 4.05. The molecule has 8 heteroatoms. The van der Waals surface area contributed by atoms with E-state index < -0.39 is 11.7 Å². The van der Waals surface area contributed by atoms with Crippen molar-refractivity contribution in [3.05, 3.63) is 96.4 Å². The highest BCUT2D eigenvalue weighted by Crippen LogP contribution is 2.35. The second-order valence-corrected chi connectivity index (χ2v) is 8.86. The minimum absolute atomic E-state index is 0.128. The molecule has 0 bridgehead atoms. The van der Waals surface area contributed by atoms with Crippen LogP contribution in [-0.4, -0.2) is 33.6 Å². The Bertz CT molecular complexity index is 1260. The maximum Gasteiger partial charge on any atom is 0.416 e. The van der Waals surface area contributed by atoms with Crippen LogP contribution in [0.4, 0.5) is 19.1 Å². The zero-order chi connectivity index (χ0) is 25.5. The lowest BCUT2D eigenvalue weighted by molar-refractivity contribution is -0.137. The van der Waals surface area contributed by atoms with Gasteiger partial charge in [-0.3, -0.25) is 4.98 Å². The molecule has 4 rings (SSSR count). The van der Waals surface area contributed by atoms with Crippen molar-refractivity contribution in [3.63, 3.8) is 0 Å². The van der Waals surface area contributed by atoms with Crippen molar-refractivity contribution in [1.82, 2.24) is 20.3 Å². The molecule has 0 aliphatic carbocycles. The minimum atomic E-state index is -4.44. The molecule has 0 amide bonds. The average molecular weight is 492 g/mol. The minimum Gasteiger partial charge on any atom is -0.353 e. The molecule has 0 spiro atoms. The van der Waals surface area contributed by atoms with E-state index in [9.17, 15) is 13.2 Å². The molecule has 2 N–H and O–H groups in total. The van der Waals surface area contributed by atoms with Crippen molar-refractivity contribution < 1.29 is 13.2 Å². The molecule has 1 unspecified atom stereocenters. The largest absolute Gasteiger partial charge is 0.416 e. The number of nitrogens with zero attached hydrogens (tertiary/aromatic N) is 3. The van der Waals surface area contributed by atoms with Gasteiger partial charge in [0.2, 0.25) is 5.95 Å². The van der Waals surface area contributed by atoms with Gasteiger partial charge in [0, 0.05) is 48.3 Å². The Labute approximate surface area is 208 Å². The second-order valence-electron chi connectivity index (χ2n) is 8.86. The van der Waals surface area contributed by atoms with Gasteiger partial charge in [-0.05, 0) is 41.8 Å². The molecule has 0 radical (unpaired) electrons. The van der Waals surface area contributed by atoms with E-state index in [0.717, 1.165) is 24.1 Å². The summed E-state index contributed by atoms with van der Waals surface area (Å²) in [6, 6.07) is 19.4. The van der Waals surface area contributed by atoms with Gasteiger partial charge in [-0.15, -0.1) is 0 Å². The number of rotatable bonds is 9. The van der Waals surface area contributed by atoms with E-state index in [1.807, 2.05) is 18.2 Å². The van der Waals surface area contributed by atoms with Crippen molar-refractivity contribution in [3.8, 4) is 22.4 Å². The fraction of sp³-hybridized carbons (Fsp3) is 0.250. The molecule has 2 aromatic heterocycles. The van der Waals surface area contributed by atoms with Crippen molar-refractivity contribution >= 4 is 5.95 Å². The number of benzene rings is 2. The zero-order valence-corrected chi connectivity index (χ0v) is 20.1. The summed E-state index contributed by atoms with van der Waals surface area (Å²) in [6.45, 7) is 4.77. The first kappa shape index (κ1) is 25.3. The molecular weight excluding hydrogens is 463 g/mol. The van der Waals surface area contributed by atoms with Crippen LogP contribution in [0.5, 0.6) is 0 Å². The van der Waals surface area contributed by atoms with Crippen LogP contribution in [0.25, 0.3) is 22.4 Å². The van der Waals surface area contributed by atoms with Gasteiger partial charge in [-0.25, -0.2) is 9.97 Å². The molecular formula is C28H28F3N5. The van der Waals surface area contributed by atoms with E-state index >= 15 is 0 Å². The SMILES string of the molecule is CC(C)NC(CNc1ncc(-c2cccc(C(F)(F)F)c2)c(-c2ccncc2)n1)Cc1ccccc1. The maximum absolute atomic E-state index is 13.3. The van der Waals surface area contributed by atoms with Crippen LogP contribution in [0.3, 0.4) is 0 Å². The van der Waals surface area contributed by atoms with Crippen LogP contribution in [-0.2, 0) is 12.6 Å².